The molecule has 1 aliphatic heterocycles. The number of carbonyl (C=O) groups excluding carboxylic acids is 1. The maximum absolute atomic E-state index is 13.4. The molecule has 5 rings (SSSR count). The number of ether oxygens (including phenoxy) is 1. The molecule has 2 aromatic carbocycles. The summed E-state index contributed by atoms with van der Waals surface area (Å²) in [6, 6.07) is 22.0. The van der Waals surface area contributed by atoms with E-state index in [9.17, 15) is 4.79 Å². The predicted octanol–water partition coefficient (Wildman–Crippen LogP) is 5.33. The molecular weight excluding hydrogens is 436 g/mol. The Morgan fingerprint density at radius 2 is 1.94 bits per heavy atom. The number of pyridine rings is 1. The number of hydrogen-bond acceptors (Lipinski definition) is 4. The summed E-state index contributed by atoms with van der Waals surface area (Å²) in [5.41, 5.74) is 4.72. The summed E-state index contributed by atoms with van der Waals surface area (Å²) in [7, 11) is 1.68. The van der Waals surface area contributed by atoms with E-state index in [0.717, 1.165) is 59.0 Å². The van der Waals surface area contributed by atoms with Crippen molar-refractivity contribution in [2.45, 2.75) is 32.2 Å². The molecule has 0 N–H and O–H groups in total. The van der Waals surface area contributed by atoms with Crippen molar-refractivity contribution >= 4 is 5.91 Å². The molecule has 178 valence electrons. The molecule has 6 nitrogen and oxygen atoms in total. The lowest BCUT2D eigenvalue weighted by Gasteiger charge is -2.33. The highest BCUT2D eigenvalue weighted by Gasteiger charge is 2.27. The van der Waals surface area contributed by atoms with Gasteiger partial charge in [0.1, 0.15) is 11.6 Å². The zero-order valence-electron chi connectivity index (χ0n) is 20.2. The summed E-state index contributed by atoms with van der Waals surface area (Å²) in [6.45, 7) is 4.13. The van der Waals surface area contributed by atoms with Crippen LogP contribution in [0, 0.1) is 6.92 Å². The van der Waals surface area contributed by atoms with E-state index in [4.69, 9.17) is 9.72 Å². The zero-order chi connectivity index (χ0) is 24.2. The third-order valence-corrected chi connectivity index (χ3v) is 6.73. The number of carbonyl (C=O) groups is 1. The minimum Gasteiger partial charge on any atom is -0.496 e. The van der Waals surface area contributed by atoms with Gasteiger partial charge in [0.05, 0.1) is 12.8 Å². The second kappa shape index (κ2) is 10.1. The van der Waals surface area contributed by atoms with Crippen LogP contribution in [0.4, 0.5) is 0 Å². The number of hydrogen-bond donors (Lipinski definition) is 0. The minimum absolute atomic E-state index is 0.0831. The molecule has 6 heteroatoms. The normalized spacial score (nSPS) is 15.7. The Hall–Kier alpha value is -3.93. The van der Waals surface area contributed by atoms with Gasteiger partial charge in [0, 0.05) is 54.8 Å². The average molecular weight is 467 g/mol. The van der Waals surface area contributed by atoms with Crippen molar-refractivity contribution in [1.29, 1.82) is 0 Å². The van der Waals surface area contributed by atoms with Crippen LogP contribution in [0.3, 0.4) is 0 Å². The van der Waals surface area contributed by atoms with Crippen LogP contribution in [0.5, 0.6) is 5.75 Å². The van der Waals surface area contributed by atoms with Crippen molar-refractivity contribution in [3.05, 3.63) is 102 Å². The molecule has 0 aliphatic carbocycles. The van der Waals surface area contributed by atoms with E-state index in [1.165, 1.54) is 0 Å². The zero-order valence-corrected chi connectivity index (χ0v) is 20.2. The van der Waals surface area contributed by atoms with E-state index in [2.05, 4.69) is 21.7 Å². The van der Waals surface area contributed by atoms with Crippen LogP contribution in [0.25, 0.3) is 11.3 Å². The van der Waals surface area contributed by atoms with E-state index in [1.54, 1.807) is 13.3 Å². The molecule has 2 aromatic heterocycles. The largest absolute Gasteiger partial charge is 0.496 e. The average Bonchev–Trinajstić information content (AvgIpc) is 3.32. The summed E-state index contributed by atoms with van der Waals surface area (Å²) >= 11 is 0. The summed E-state index contributed by atoms with van der Waals surface area (Å²) < 4.78 is 7.62. The summed E-state index contributed by atoms with van der Waals surface area (Å²) in [5.74, 6) is 2.06. The molecular formula is C29H30N4O2. The fraction of sp³-hybridized carbons (Fsp3) is 0.276. The van der Waals surface area contributed by atoms with Crippen LogP contribution in [0.1, 0.15) is 46.2 Å². The summed E-state index contributed by atoms with van der Waals surface area (Å²) in [6.07, 6.45) is 5.75. The Kier molecular flexibility index (Phi) is 6.62. The Morgan fingerprint density at radius 3 is 2.77 bits per heavy atom. The fourth-order valence-electron chi connectivity index (χ4n) is 4.84. The van der Waals surface area contributed by atoms with Crippen molar-refractivity contribution in [1.82, 2.24) is 19.4 Å². The first-order valence-electron chi connectivity index (χ1n) is 12.1. The van der Waals surface area contributed by atoms with E-state index in [0.29, 0.717) is 13.1 Å². The van der Waals surface area contributed by atoms with Crippen molar-refractivity contribution in [3.63, 3.8) is 0 Å². The van der Waals surface area contributed by atoms with Crippen LogP contribution in [-0.2, 0) is 6.54 Å². The van der Waals surface area contributed by atoms with Gasteiger partial charge < -0.3 is 14.2 Å². The molecule has 35 heavy (non-hydrogen) atoms. The van der Waals surface area contributed by atoms with E-state index in [-0.39, 0.29) is 11.8 Å². The molecule has 1 saturated heterocycles. The van der Waals surface area contributed by atoms with Gasteiger partial charge in [0.25, 0.3) is 5.91 Å². The van der Waals surface area contributed by atoms with Crippen molar-refractivity contribution in [2.75, 3.05) is 20.2 Å². The molecule has 1 amide bonds. The third-order valence-electron chi connectivity index (χ3n) is 6.73. The lowest BCUT2D eigenvalue weighted by molar-refractivity contribution is 0.0706. The summed E-state index contributed by atoms with van der Waals surface area (Å²) in [4.78, 5) is 24.7. The second-order valence-corrected chi connectivity index (χ2v) is 9.04. The van der Waals surface area contributed by atoms with Crippen LogP contribution in [0.2, 0.25) is 0 Å². The van der Waals surface area contributed by atoms with Gasteiger partial charge >= 0.3 is 0 Å². The maximum Gasteiger partial charge on any atom is 0.253 e. The number of likely N-dealkylation sites (tertiary alicyclic amines) is 1. The van der Waals surface area contributed by atoms with Gasteiger partial charge in [-0.15, -0.1) is 0 Å². The highest BCUT2D eigenvalue weighted by atomic mass is 16.5. The Bertz CT molecular complexity index is 1330. The molecule has 1 fully saturated rings. The molecule has 1 atom stereocenters. The van der Waals surface area contributed by atoms with Crippen LogP contribution in [0.15, 0.2) is 79.1 Å². The first-order valence-corrected chi connectivity index (χ1v) is 12.1. The van der Waals surface area contributed by atoms with Crippen LogP contribution >= 0.6 is 0 Å². The van der Waals surface area contributed by atoms with Crippen LogP contribution in [-0.4, -0.2) is 45.5 Å². The van der Waals surface area contributed by atoms with E-state index in [1.807, 2.05) is 72.6 Å². The molecule has 0 radical (unpaired) electrons. The monoisotopic (exact) mass is 466 g/mol. The third kappa shape index (κ3) is 4.97. The minimum atomic E-state index is 0.0831. The first-order chi connectivity index (χ1) is 17.1. The Labute approximate surface area is 206 Å². The van der Waals surface area contributed by atoms with Gasteiger partial charge in [0.2, 0.25) is 0 Å². The Balaban J connectivity index is 1.33. The number of nitrogens with zero attached hydrogens (tertiary/aromatic N) is 4. The molecule has 4 aromatic rings. The number of imidazole rings is 1. The van der Waals surface area contributed by atoms with Gasteiger partial charge in [-0.25, -0.2) is 4.98 Å². The van der Waals surface area contributed by atoms with E-state index < -0.39 is 0 Å². The molecule has 0 bridgehead atoms. The van der Waals surface area contributed by atoms with Gasteiger partial charge in [-0.2, -0.15) is 0 Å². The molecule has 0 unspecified atom stereocenters. The number of piperidine rings is 1. The lowest BCUT2D eigenvalue weighted by Crippen LogP contribution is -2.39. The number of benzene rings is 2. The Morgan fingerprint density at radius 1 is 1.09 bits per heavy atom. The van der Waals surface area contributed by atoms with E-state index >= 15 is 0 Å². The topological polar surface area (TPSA) is 60.2 Å². The number of aryl methyl sites for hydroxylation is 1. The maximum atomic E-state index is 13.4. The smallest absolute Gasteiger partial charge is 0.253 e. The molecule has 1 aliphatic rings. The van der Waals surface area contributed by atoms with Gasteiger partial charge in [0.15, 0.2) is 0 Å². The van der Waals surface area contributed by atoms with Gasteiger partial charge in [-0.3, -0.25) is 9.78 Å². The standard InChI is InChI=1S/C29H30N4O2/c1-21-30-15-17-32(21)19-22-8-5-9-23(18-22)29(34)33-16-7-10-24(20-33)26-12-6-13-27(31-26)25-11-3-4-14-28(25)35-2/h3-6,8-9,11-15,17-18,24H,7,10,16,19-20H2,1-2H3/t24-/m0/s1. The number of rotatable bonds is 6. The predicted molar refractivity (Wildman–Crippen MR) is 137 cm³/mol. The number of amides is 1. The quantitative estimate of drug-likeness (QED) is 0.385. The molecule has 3 heterocycles. The second-order valence-electron chi connectivity index (χ2n) is 9.04. The number of methoxy groups -OCH3 is 1. The van der Waals surface area contributed by atoms with Crippen molar-refractivity contribution < 1.29 is 9.53 Å². The van der Waals surface area contributed by atoms with Crippen LogP contribution < -0.4 is 4.74 Å². The highest BCUT2D eigenvalue weighted by Crippen LogP contribution is 2.31. The molecule has 0 saturated carbocycles. The lowest BCUT2D eigenvalue weighted by atomic mass is 9.93. The summed E-state index contributed by atoms with van der Waals surface area (Å²) in [5, 5.41) is 0. The van der Waals surface area contributed by atoms with Crippen molar-refractivity contribution in [2.24, 2.45) is 0 Å². The van der Waals surface area contributed by atoms with Crippen molar-refractivity contribution in [3.8, 4) is 17.0 Å². The highest BCUT2D eigenvalue weighted by molar-refractivity contribution is 5.94. The fourth-order valence-corrected chi connectivity index (χ4v) is 4.84. The SMILES string of the molecule is COc1ccccc1-c1cccc([C@H]2CCCN(C(=O)c3cccc(Cn4ccnc4C)c3)C2)n1. The first kappa shape index (κ1) is 22.8. The number of para-hydroxylation sites is 1. The van der Waals surface area contributed by atoms with Gasteiger partial charge in [-0.05, 0) is 61.7 Å². The molecule has 0 spiro atoms. The number of aromatic nitrogens is 3. The van der Waals surface area contributed by atoms with Gasteiger partial charge in [-0.1, -0.05) is 30.3 Å².